The Kier molecular flexibility index (Phi) is 3.66. The van der Waals surface area contributed by atoms with E-state index in [-0.39, 0.29) is 0 Å². The lowest BCUT2D eigenvalue weighted by Gasteiger charge is -2.04. The maximum atomic E-state index is 4.67. The zero-order chi connectivity index (χ0) is 15.8. The molecular weight excluding hydrogens is 326 g/mol. The van der Waals surface area contributed by atoms with Crippen molar-refractivity contribution >= 4 is 40.1 Å². The van der Waals surface area contributed by atoms with Gasteiger partial charge < -0.3 is 0 Å². The van der Waals surface area contributed by atoms with E-state index in [1.807, 2.05) is 43.1 Å². The lowest BCUT2D eigenvalue weighted by molar-refractivity contribution is 0.922. The van der Waals surface area contributed by atoms with Crippen LogP contribution < -0.4 is 0 Å². The summed E-state index contributed by atoms with van der Waals surface area (Å²) in [5.41, 5.74) is 3.94. The first-order chi connectivity index (χ1) is 11.3. The van der Waals surface area contributed by atoms with Gasteiger partial charge in [-0.3, -0.25) is 4.40 Å². The van der Waals surface area contributed by atoms with Crippen LogP contribution in [0.3, 0.4) is 0 Å². The van der Waals surface area contributed by atoms with Crippen LogP contribution in [-0.4, -0.2) is 36.8 Å². The molecule has 0 aliphatic carbocycles. The second-order valence-electron chi connectivity index (χ2n) is 4.83. The standard InChI is InChI=1S/C16H13N5S2/c1-22-15-18-8-5-11(20-15)13-10-4-3-7-17-14(10)21-12(13)6-9-19-16(21)23-2/h3-9H,1-2H3. The van der Waals surface area contributed by atoms with E-state index in [4.69, 9.17) is 0 Å². The Morgan fingerprint density at radius 1 is 0.913 bits per heavy atom. The third-order valence-corrected chi connectivity index (χ3v) is 4.84. The van der Waals surface area contributed by atoms with E-state index >= 15 is 0 Å². The van der Waals surface area contributed by atoms with Gasteiger partial charge in [0.1, 0.15) is 5.65 Å². The Morgan fingerprint density at radius 3 is 2.61 bits per heavy atom. The van der Waals surface area contributed by atoms with Gasteiger partial charge in [-0.1, -0.05) is 23.5 Å². The highest BCUT2D eigenvalue weighted by Gasteiger charge is 2.17. The molecular formula is C16H13N5S2. The summed E-state index contributed by atoms with van der Waals surface area (Å²) in [5.74, 6) is 0. The van der Waals surface area contributed by atoms with Gasteiger partial charge in [-0.2, -0.15) is 0 Å². The molecule has 4 aromatic heterocycles. The van der Waals surface area contributed by atoms with Crippen molar-refractivity contribution in [3.05, 3.63) is 42.9 Å². The molecule has 0 unspecified atom stereocenters. The predicted octanol–water partition coefficient (Wildman–Crippen LogP) is 3.78. The van der Waals surface area contributed by atoms with Crippen LogP contribution >= 0.6 is 23.5 Å². The van der Waals surface area contributed by atoms with Crippen molar-refractivity contribution in [1.82, 2.24) is 24.3 Å². The zero-order valence-corrected chi connectivity index (χ0v) is 14.2. The lowest BCUT2D eigenvalue weighted by Crippen LogP contribution is -1.94. The molecule has 0 aliphatic heterocycles. The average molecular weight is 339 g/mol. The highest BCUT2D eigenvalue weighted by Crippen LogP contribution is 2.35. The highest BCUT2D eigenvalue weighted by atomic mass is 32.2. The second-order valence-corrected chi connectivity index (χ2v) is 6.38. The van der Waals surface area contributed by atoms with Gasteiger partial charge in [-0.25, -0.2) is 19.9 Å². The molecule has 0 spiro atoms. The maximum absolute atomic E-state index is 4.67. The zero-order valence-electron chi connectivity index (χ0n) is 12.6. The largest absolute Gasteiger partial charge is 0.272 e. The molecule has 5 nitrogen and oxygen atoms in total. The summed E-state index contributed by atoms with van der Waals surface area (Å²) >= 11 is 3.14. The van der Waals surface area contributed by atoms with Gasteiger partial charge in [0.25, 0.3) is 0 Å². The fraction of sp³-hybridized carbons (Fsp3) is 0.125. The van der Waals surface area contributed by atoms with Crippen LogP contribution in [0.2, 0.25) is 0 Å². The van der Waals surface area contributed by atoms with Crippen LogP contribution in [0.5, 0.6) is 0 Å². The molecule has 23 heavy (non-hydrogen) atoms. The molecule has 0 radical (unpaired) electrons. The minimum Gasteiger partial charge on any atom is -0.272 e. The Balaban J connectivity index is 2.16. The number of aromatic nitrogens is 5. The number of fused-ring (bicyclic) bond motifs is 3. The lowest BCUT2D eigenvalue weighted by atomic mass is 10.1. The Morgan fingerprint density at radius 2 is 1.78 bits per heavy atom. The molecule has 0 aromatic carbocycles. The summed E-state index contributed by atoms with van der Waals surface area (Å²) in [7, 11) is 0. The van der Waals surface area contributed by atoms with Crippen molar-refractivity contribution in [2.75, 3.05) is 12.5 Å². The van der Waals surface area contributed by atoms with E-state index in [1.165, 1.54) is 11.8 Å². The number of pyridine rings is 1. The van der Waals surface area contributed by atoms with Crippen molar-refractivity contribution < 1.29 is 0 Å². The Bertz CT molecular complexity index is 1010. The molecule has 0 bridgehead atoms. The molecule has 0 fully saturated rings. The van der Waals surface area contributed by atoms with Crippen LogP contribution in [0.4, 0.5) is 0 Å². The van der Waals surface area contributed by atoms with Crippen LogP contribution in [0.15, 0.2) is 53.2 Å². The van der Waals surface area contributed by atoms with E-state index in [2.05, 4.69) is 30.4 Å². The number of hydrogen-bond acceptors (Lipinski definition) is 6. The molecule has 0 atom stereocenters. The summed E-state index contributed by atoms with van der Waals surface area (Å²) in [5, 5.41) is 2.75. The van der Waals surface area contributed by atoms with E-state index in [0.717, 1.165) is 38.1 Å². The third kappa shape index (κ3) is 2.27. The van der Waals surface area contributed by atoms with E-state index in [0.29, 0.717) is 0 Å². The number of nitrogens with zero attached hydrogens (tertiary/aromatic N) is 5. The normalized spacial score (nSPS) is 11.4. The van der Waals surface area contributed by atoms with E-state index in [1.54, 1.807) is 18.0 Å². The summed E-state index contributed by atoms with van der Waals surface area (Å²) < 4.78 is 2.09. The van der Waals surface area contributed by atoms with Crippen LogP contribution in [0, 0.1) is 0 Å². The number of rotatable bonds is 3. The summed E-state index contributed by atoms with van der Waals surface area (Å²) in [6, 6.07) is 7.99. The van der Waals surface area contributed by atoms with Gasteiger partial charge in [0.05, 0.1) is 11.2 Å². The summed E-state index contributed by atoms with van der Waals surface area (Å²) in [4.78, 5) is 18.0. The molecule has 0 saturated carbocycles. The minimum atomic E-state index is 0.762. The van der Waals surface area contributed by atoms with Gasteiger partial charge >= 0.3 is 0 Å². The fourth-order valence-corrected chi connectivity index (χ4v) is 3.60. The number of hydrogen-bond donors (Lipinski definition) is 0. The van der Waals surface area contributed by atoms with Gasteiger partial charge in [0, 0.05) is 29.5 Å². The molecule has 4 aromatic rings. The molecule has 4 heterocycles. The smallest absolute Gasteiger partial charge is 0.187 e. The minimum absolute atomic E-state index is 0.762. The van der Waals surface area contributed by atoms with Crippen LogP contribution in [0.25, 0.3) is 27.8 Å². The van der Waals surface area contributed by atoms with Gasteiger partial charge in [-0.15, -0.1) is 0 Å². The monoisotopic (exact) mass is 339 g/mol. The van der Waals surface area contributed by atoms with E-state index < -0.39 is 0 Å². The van der Waals surface area contributed by atoms with Crippen LogP contribution in [0.1, 0.15) is 0 Å². The second kappa shape index (κ2) is 5.82. The van der Waals surface area contributed by atoms with Crippen molar-refractivity contribution in [3.63, 3.8) is 0 Å². The molecule has 4 rings (SSSR count). The molecule has 0 amide bonds. The van der Waals surface area contributed by atoms with E-state index in [9.17, 15) is 0 Å². The topological polar surface area (TPSA) is 56.0 Å². The molecule has 0 N–H and O–H groups in total. The summed E-state index contributed by atoms with van der Waals surface area (Å²) in [6.07, 6.45) is 9.44. The summed E-state index contributed by atoms with van der Waals surface area (Å²) in [6.45, 7) is 0. The highest BCUT2D eigenvalue weighted by molar-refractivity contribution is 7.98. The van der Waals surface area contributed by atoms with Crippen molar-refractivity contribution in [1.29, 1.82) is 0 Å². The van der Waals surface area contributed by atoms with Crippen molar-refractivity contribution in [2.45, 2.75) is 10.3 Å². The first kappa shape index (κ1) is 14.5. The molecule has 0 saturated heterocycles. The first-order valence-corrected chi connectivity index (χ1v) is 9.44. The van der Waals surface area contributed by atoms with Gasteiger partial charge in [-0.05, 0) is 36.8 Å². The Hall–Kier alpha value is -2.12. The van der Waals surface area contributed by atoms with Crippen LogP contribution in [-0.2, 0) is 0 Å². The van der Waals surface area contributed by atoms with Crippen molar-refractivity contribution in [3.8, 4) is 11.3 Å². The van der Waals surface area contributed by atoms with Gasteiger partial charge in [0.15, 0.2) is 10.3 Å². The Labute approximate surface area is 141 Å². The third-order valence-electron chi connectivity index (χ3n) is 3.63. The first-order valence-electron chi connectivity index (χ1n) is 6.99. The number of thioether (sulfide) groups is 2. The van der Waals surface area contributed by atoms with Crippen molar-refractivity contribution in [2.24, 2.45) is 0 Å². The predicted molar refractivity (Wildman–Crippen MR) is 95.1 cm³/mol. The fourth-order valence-electron chi connectivity index (χ4n) is 2.71. The molecule has 114 valence electrons. The molecule has 0 aliphatic rings. The maximum Gasteiger partial charge on any atom is 0.187 e. The quantitative estimate of drug-likeness (QED) is 0.418. The average Bonchev–Trinajstić information content (AvgIpc) is 2.96. The molecule has 7 heteroatoms. The van der Waals surface area contributed by atoms with Gasteiger partial charge in [0.2, 0.25) is 0 Å². The SMILES string of the molecule is CSc1nccc(-c2c3cccnc3n3c(SC)nccc23)n1.